The molecule has 8 heteroatoms. The van der Waals surface area contributed by atoms with Crippen molar-refractivity contribution in [2.75, 3.05) is 0 Å². The SMILES string of the molecule is O=C(Cn1cc([N+](=O)[O-])cc(Br)c1=O)c1cccc(F)c1. The van der Waals surface area contributed by atoms with Gasteiger partial charge in [-0.25, -0.2) is 4.39 Å². The van der Waals surface area contributed by atoms with Crippen molar-refractivity contribution in [1.29, 1.82) is 0 Å². The quantitative estimate of drug-likeness (QED) is 0.479. The lowest BCUT2D eigenvalue weighted by Crippen LogP contribution is -2.24. The molecule has 0 amide bonds. The van der Waals surface area contributed by atoms with Crippen molar-refractivity contribution in [3.63, 3.8) is 0 Å². The second-order valence-corrected chi connectivity index (χ2v) is 5.02. The summed E-state index contributed by atoms with van der Waals surface area (Å²) in [5.74, 6) is -1.10. The maximum Gasteiger partial charge on any atom is 0.286 e. The van der Waals surface area contributed by atoms with E-state index in [1.165, 1.54) is 18.2 Å². The van der Waals surface area contributed by atoms with Crippen LogP contribution in [0.4, 0.5) is 10.1 Å². The Labute approximate surface area is 126 Å². The van der Waals surface area contributed by atoms with Crippen molar-refractivity contribution in [2.45, 2.75) is 6.54 Å². The zero-order valence-corrected chi connectivity index (χ0v) is 12.0. The Hall–Kier alpha value is -2.35. The molecule has 2 aromatic rings. The van der Waals surface area contributed by atoms with Crippen LogP contribution in [0.15, 0.2) is 45.8 Å². The molecule has 0 aliphatic carbocycles. The third-order valence-corrected chi connectivity index (χ3v) is 3.27. The molecule has 0 atom stereocenters. The van der Waals surface area contributed by atoms with Gasteiger partial charge in [-0.2, -0.15) is 0 Å². The lowest BCUT2D eigenvalue weighted by molar-refractivity contribution is -0.385. The van der Waals surface area contributed by atoms with Gasteiger partial charge in [-0.15, -0.1) is 0 Å². The fourth-order valence-corrected chi connectivity index (χ4v) is 2.17. The number of hydrogen-bond donors (Lipinski definition) is 0. The zero-order chi connectivity index (χ0) is 15.6. The molecule has 0 aliphatic rings. The van der Waals surface area contributed by atoms with Gasteiger partial charge in [0.25, 0.3) is 11.2 Å². The number of rotatable bonds is 4. The zero-order valence-electron chi connectivity index (χ0n) is 10.5. The highest BCUT2D eigenvalue weighted by Crippen LogP contribution is 2.14. The molecule has 0 unspecified atom stereocenters. The summed E-state index contributed by atoms with van der Waals surface area (Å²) in [5.41, 5.74) is -0.816. The van der Waals surface area contributed by atoms with Crippen LogP contribution in [-0.4, -0.2) is 15.3 Å². The fraction of sp³-hybridized carbons (Fsp3) is 0.0769. The number of hydrogen-bond acceptors (Lipinski definition) is 4. The number of halogens is 2. The van der Waals surface area contributed by atoms with Gasteiger partial charge in [0.2, 0.25) is 0 Å². The number of nitrogens with zero attached hydrogens (tertiary/aromatic N) is 2. The molecule has 0 saturated heterocycles. The average molecular weight is 355 g/mol. The van der Waals surface area contributed by atoms with E-state index in [0.717, 1.165) is 22.9 Å². The van der Waals surface area contributed by atoms with Gasteiger partial charge in [0.15, 0.2) is 5.78 Å². The van der Waals surface area contributed by atoms with Crippen LogP contribution >= 0.6 is 15.9 Å². The molecule has 0 N–H and O–H groups in total. The molecule has 21 heavy (non-hydrogen) atoms. The van der Waals surface area contributed by atoms with Crippen LogP contribution in [0.1, 0.15) is 10.4 Å². The van der Waals surface area contributed by atoms with Crippen molar-refractivity contribution in [1.82, 2.24) is 4.57 Å². The van der Waals surface area contributed by atoms with Gasteiger partial charge in [0.05, 0.1) is 22.1 Å². The molecule has 0 fully saturated rings. The fourth-order valence-electron chi connectivity index (χ4n) is 1.71. The minimum atomic E-state index is -0.673. The Kier molecular flexibility index (Phi) is 4.27. The molecule has 108 valence electrons. The highest BCUT2D eigenvalue weighted by molar-refractivity contribution is 9.10. The van der Waals surface area contributed by atoms with E-state index >= 15 is 0 Å². The van der Waals surface area contributed by atoms with Gasteiger partial charge >= 0.3 is 0 Å². The number of pyridine rings is 1. The lowest BCUT2D eigenvalue weighted by Gasteiger charge is -2.06. The number of benzene rings is 1. The van der Waals surface area contributed by atoms with Gasteiger partial charge in [0.1, 0.15) is 5.82 Å². The smallest absolute Gasteiger partial charge is 0.286 e. The highest BCUT2D eigenvalue weighted by Gasteiger charge is 2.15. The molecule has 0 spiro atoms. The topological polar surface area (TPSA) is 82.2 Å². The summed E-state index contributed by atoms with van der Waals surface area (Å²) in [6.45, 7) is -0.414. The van der Waals surface area contributed by atoms with Gasteiger partial charge in [-0.3, -0.25) is 24.3 Å². The van der Waals surface area contributed by atoms with Crippen LogP contribution in [-0.2, 0) is 6.54 Å². The number of nitro groups is 1. The normalized spacial score (nSPS) is 10.4. The highest BCUT2D eigenvalue weighted by atomic mass is 79.9. The van der Waals surface area contributed by atoms with Crippen LogP contribution in [0.5, 0.6) is 0 Å². The van der Waals surface area contributed by atoms with Crippen LogP contribution in [0, 0.1) is 15.9 Å². The van der Waals surface area contributed by atoms with E-state index in [0.29, 0.717) is 0 Å². The summed E-state index contributed by atoms with van der Waals surface area (Å²) >= 11 is 2.91. The maximum absolute atomic E-state index is 13.1. The van der Waals surface area contributed by atoms with E-state index in [1.54, 1.807) is 0 Å². The predicted molar refractivity (Wildman–Crippen MR) is 75.8 cm³/mol. The van der Waals surface area contributed by atoms with Gasteiger partial charge in [-0.05, 0) is 28.1 Å². The second kappa shape index (κ2) is 5.96. The van der Waals surface area contributed by atoms with Crippen LogP contribution < -0.4 is 5.56 Å². The largest absolute Gasteiger partial charge is 0.300 e. The number of carbonyl (C=O) groups excluding carboxylic acids is 1. The second-order valence-electron chi connectivity index (χ2n) is 4.17. The lowest BCUT2D eigenvalue weighted by atomic mass is 10.1. The summed E-state index contributed by atoms with van der Waals surface area (Å²) in [6.07, 6.45) is 0.976. The minimum Gasteiger partial charge on any atom is -0.300 e. The Morgan fingerprint density at radius 1 is 1.38 bits per heavy atom. The summed E-state index contributed by atoms with van der Waals surface area (Å²) in [4.78, 5) is 33.9. The molecule has 2 rings (SSSR count). The Morgan fingerprint density at radius 2 is 2.10 bits per heavy atom. The molecule has 1 aromatic heterocycles. The number of aromatic nitrogens is 1. The van der Waals surface area contributed by atoms with Crippen LogP contribution in [0.2, 0.25) is 0 Å². The van der Waals surface area contributed by atoms with Crippen LogP contribution in [0.3, 0.4) is 0 Å². The van der Waals surface area contributed by atoms with Crippen LogP contribution in [0.25, 0.3) is 0 Å². The molecular weight excluding hydrogens is 347 g/mol. The summed E-state index contributed by atoms with van der Waals surface area (Å²) < 4.78 is 13.9. The van der Waals surface area contributed by atoms with Crippen molar-refractivity contribution in [2.24, 2.45) is 0 Å². The first-order valence-corrected chi connectivity index (χ1v) is 6.51. The van der Waals surface area contributed by atoms with E-state index in [9.17, 15) is 24.1 Å². The first-order valence-electron chi connectivity index (χ1n) is 5.71. The number of Topliss-reactive ketones (excluding diaryl/α,β-unsaturated/α-hetero) is 1. The average Bonchev–Trinajstić information content (AvgIpc) is 2.43. The standard InChI is InChI=1S/C13H8BrFN2O4/c14-11-5-10(17(20)21)6-16(13(11)19)7-12(18)8-2-1-3-9(15)4-8/h1-6H,7H2. The Bertz CT molecular complexity index is 788. The number of ketones is 1. The molecule has 6 nitrogen and oxygen atoms in total. The van der Waals surface area contributed by atoms with Crippen molar-refractivity contribution in [3.8, 4) is 0 Å². The summed E-state index contributed by atoms with van der Waals surface area (Å²) in [6, 6.07) is 6.07. The summed E-state index contributed by atoms with van der Waals surface area (Å²) in [5, 5.41) is 10.8. The van der Waals surface area contributed by atoms with Gasteiger partial charge in [0, 0.05) is 11.6 Å². The minimum absolute atomic E-state index is 0.0243. The maximum atomic E-state index is 13.1. The molecule has 1 aromatic carbocycles. The van der Waals surface area contributed by atoms with Crippen molar-refractivity contribution >= 4 is 27.4 Å². The van der Waals surface area contributed by atoms with Crippen molar-refractivity contribution < 1.29 is 14.1 Å². The Balaban J connectivity index is 2.37. The molecular formula is C13H8BrFN2O4. The monoisotopic (exact) mass is 354 g/mol. The molecule has 0 saturated carbocycles. The molecule has 0 radical (unpaired) electrons. The van der Waals surface area contributed by atoms with E-state index in [4.69, 9.17) is 0 Å². The summed E-state index contributed by atoms with van der Waals surface area (Å²) in [7, 11) is 0. The first kappa shape index (κ1) is 15.0. The van der Waals surface area contributed by atoms with E-state index in [2.05, 4.69) is 15.9 Å². The Morgan fingerprint density at radius 3 is 2.71 bits per heavy atom. The van der Waals surface area contributed by atoms with E-state index in [1.807, 2.05) is 0 Å². The molecule has 0 aliphatic heterocycles. The van der Waals surface area contributed by atoms with Gasteiger partial charge in [-0.1, -0.05) is 12.1 Å². The number of carbonyl (C=O) groups is 1. The van der Waals surface area contributed by atoms with E-state index in [-0.39, 0.29) is 15.7 Å². The van der Waals surface area contributed by atoms with Gasteiger partial charge < -0.3 is 0 Å². The van der Waals surface area contributed by atoms with E-state index < -0.39 is 28.6 Å². The molecule has 0 bridgehead atoms. The predicted octanol–water partition coefficient (Wildman–Crippen LogP) is 2.54. The third kappa shape index (κ3) is 3.40. The molecule has 1 heterocycles. The third-order valence-electron chi connectivity index (χ3n) is 2.70. The van der Waals surface area contributed by atoms with Crippen molar-refractivity contribution in [3.05, 3.63) is 72.9 Å². The first-order chi connectivity index (χ1) is 9.88.